The molecule has 0 atom stereocenters. The van der Waals surface area contributed by atoms with Gasteiger partial charge in [-0.15, -0.1) is 0 Å². The summed E-state index contributed by atoms with van der Waals surface area (Å²) in [6.07, 6.45) is 0. The number of thioether (sulfide) groups is 1. The molecule has 0 saturated heterocycles. The van der Waals surface area contributed by atoms with Crippen LogP contribution in [0.5, 0.6) is 0 Å². The summed E-state index contributed by atoms with van der Waals surface area (Å²) in [6, 6.07) is 20.6. The van der Waals surface area contributed by atoms with Crippen LogP contribution in [0.1, 0.15) is 5.56 Å². The van der Waals surface area contributed by atoms with Gasteiger partial charge in [0.1, 0.15) is 16.9 Å². The molecule has 0 spiro atoms. The van der Waals surface area contributed by atoms with Crippen LogP contribution in [0.25, 0.3) is 27.6 Å². The fourth-order valence-electron chi connectivity index (χ4n) is 3.70. The summed E-state index contributed by atoms with van der Waals surface area (Å²) in [4.78, 5) is 33.8. The Hall–Kier alpha value is -3.62. The lowest BCUT2D eigenvalue weighted by Crippen LogP contribution is -2.26. The summed E-state index contributed by atoms with van der Waals surface area (Å²) in [5, 5.41) is 4.38. The first-order valence-electron chi connectivity index (χ1n) is 10.4. The molecule has 0 unspecified atom stereocenters. The Labute approximate surface area is 202 Å². The maximum Gasteiger partial charge on any atom is 0.283 e. The Morgan fingerprint density at radius 2 is 1.79 bits per heavy atom. The van der Waals surface area contributed by atoms with Gasteiger partial charge in [-0.05, 0) is 29.8 Å². The van der Waals surface area contributed by atoms with Gasteiger partial charge in [0.25, 0.3) is 5.56 Å². The van der Waals surface area contributed by atoms with Crippen LogP contribution < -0.4 is 10.9 Å². The largest absolute Gasteiger partial charge is 0.351 e. The van der Waals surface area contributed by atoms with Gasteiger partial charge < -0.3 is 10.3 Å². The molecule has 9 heteroatoms. The number of halogens is 2. The Kier molecular flexibility index (Phi) is 6.08. The molecule has 0 saturated carbocycles. The van der Waals surface area contributed by atoms with Crippen molar-refractivity contribution < 1.29 is 9.18 Å². The third kappa shape index (κ3) is 4.18. The van der Waals surface area contributed by atoms with E-state index >= 15 is 0 Å². The number of hydrogen-bond donors (Lipinski definition) is 2. The Morgan fingerprint density at radius 3 is 2.62 bits per heavy atom. The predicted molar refractivity (Wildman–Crippen MR) is 133 cm³/mol. The second-order valence-corrected chi connectivity index (χ2v) is 8.89. The number of carbonyl (C=O) groups is 1. The van der Waals surface area contributed by atoms with E-state index in [0.29, 0.717) is 10.5 Å². The topological polar surface area (TPSA) is 79.8 Å². The molecule has 0 fully saturated rings. The third-order valence-electron chi connectivity index (χ3n) is 5.35. The number of hydrogen-bond acceptors (Lipinski definition) is 4. The van der Waals surface area contributed by atoms with Crippen molar-refractivity contribution >= 4 is 51.2 Å². The van der Waals surface area contributed by atoms with E-state index in [2.05, 4.69) is 15.3 Å². The normalized spacial score (nSPS) is 11.2. The Bertz CT molecular complexity index is 1600. The van der Waals surface area contributed by atoms with Gasteiger partial charge in [-0.25, -0.2) is 9.37 Å². The maximum atomic E-state index is 14.7. The number of nitrogens with one attached hydrogen (secondary N) is 2. The second kappa shape index (κ2) is 9.32. The van der Waals surface area contributed by atoms with Gasteiger partial charge in [0.05, 0.1) is 11.4 Å². The van der Waals surface area contributed by atoms with Gasteiger partial charge in [-0.1, -0.05) is 71.9 Å². The first-order chi connectivity index (χ1) is 16.5. The number of benzene rings is 3. The minimum Gasteiger partial charge on any atom is -0.351 e. The van der Waals surface area contributed by atoms with E-state index in [9.17, 15) is 14.0 Å². The van der Waals surface area contributed by atoms with Gasteiger partial charge in [0.15, 0.2) is 5.16 Å². The second-order valence-electron chi connectivity index (χ2n) is 7.54. The molecule has 2 N–H and O–H groups in total. The van der Waals surface area contributed by atoms with Crippen molar-refractivity contribution in [2.45, 2.75) is 11.7 Å². The first-order valence-corrected chi connectivity index (χ1v) is 11.8. The number of H-pyrrole nitrogens is 1. The number of amides is 1. The van der Waals surface area contributed by atoms with Crippen LogP contribution in [0.2, 0.25) is 5.02 Å². The Balaban J connectivity index is 1.51. The smallest absolute Gasteiger partial charge is 0.283 e. The molecule has 2 aromatic heterocycles. The third-order valence-corrected chi connectivity index (χ3v) is 6.66. The van der Waals surface area contributed by atoms with Crippen LogP contribution >= 0.6 is 23.4 Å². The molecule has 5 rings (SSSR count). The molecule has 0 radical (unpaired) electrons. The molecule has 170 valence electrons. The van der Waals surface area contributed by atoms with Crippen molar-refractivity contribution in [2.75, 3.05) is 5.75 Å². The van der Waals surface area contributed by atoms with Crippen molar-refractivity contribution in [3.63, 3.8) is 0 Å². The summed E-state index contributed by atoms with van der Waals surface area (Å²) < 4.78 is 15.9. The molecule has 5 aromatic rings. The molecule has 1 amide bonds. The quantitative estimate of drug-likeness (QED) is 0.256. The lowest BCUT2D eigenvalue weighted by Gasteiger charge is -2.13. The average molecular weight is 493 g/mol. The summed E-state index contributed by atoms with van der Waals surface area (Å²) in [6.45, 7) is 0.272. The Morgan fingerprint density at radius 1 is 1.06 bits per heavy atom. The van der Waals surface area contributed by atoms with E-state index < -0.39 is 11.4 Å². The van der Waals surface area contributed by atoms with Gasteiger partial charge in [0.2, 0.25) is 5.91 Å². The monoisotopic (exact) mass is 492 g/mol. The fraction of sp³-hybridized carbons (Fsp3) is 0.0800. The first kappa shape index (κ1) is 22.2. The molecule has 2 heterocycles. The number of aromatic nitrogens is 3. The standard InChI is InChI=1S/C25H18ClFN4O2S/c26-17-9-3-1-7-15(17)13-28-21(32)14-34-25-30-22-16-8-2-5-11-19(16)29-23(22)24(33)31(25)20-12-6-4-10-18(20)27/h1-12,29H,13-14H2,(H,28,32). The van der Waals surface area contributed by atoms with Crippen LogP contribution in [-0.4, -0.2) is 26.2 Å². The van der Waals surface area contributed by atoms with Crippen molar-refractivity contribution in [1.82, 2.24) is 19.9 Å². The SMILES string of the molecule is O=C(CSc1nc2c([nH]c3ccccc32)c(=O)n1-c1ccccc1F)NCc1ccccc1Cl. The van der Waals surface area contributed by atoms with Crippen molar-refractivity contribution in [3.8, 4) is 5.69 Å². The van der Waals surface area contributed by atoms with Crippen molar-refractivity contribution in [2.24, 2.45) is 0 Å². The molecular weight excluding hydrogens is 475 g/mol. The number of aromatic amines is 1. The highest BCUT2D eigenvalue weighted by atomic mass is 35.5. The van der Waals surface area contributed by atoms with Gasteiger partial charge in [0, 0.05) is 22.5 Å². The fourth-order valence-corrected chi connectivity index (χ4v) is 4.73. The zero-order chi connectivity index (χ0) is 23.7. The van der Waals surface area contributed by atoms with E-state index in [4.69, 9.17) is 11.6 Å². The molecule has 3 aromatic carbocycles. The lowest BCUT2D eigenvalue weighted by molar-refractivity contribution is -0.118. The highest BCUT2D eigenvalue weighted by molar-refractivity contribution is 7.99. The number of rotatable bonds is 6. The lowest BCUT2D eigenvalue weighted by atomic mass is 10.2. The van der Waals surface area contributed by atoms with Crippen molar-refractivity contribution in [1.29, 1.82) is 0 Å². The van der Waals surface area contributed by atoms with Crippen LogP contribution in [0.4, 0.5) is 4.39 Å². The number of nitrogens with zero attached hydrogens (tertiary/aromatic N) is 2. The summed E-state index contributed by atoms with van der Waals surface area (Å²) in [7, 11) is 0. The zero-order valence-electron chi connectivity index (χ0n) is 17.7. The van der Waals surface area contributed by atoms with E-state index in [1.165, 1.54) is 16.7 Å². The molecule has 0 aliphatic heterocycles. The summed E-state index contributed by atoms with van der Waals surface area (Å²) in [5.74, 6) is -0.843. The highest BCUT2D eigenvalue weighted by Gasteiger charge is 2.19. The number of fused-ring (bicyclic) bond motifs is 3. The molecule has 34 heavy (non-hydrogen) atoms. The van der Waals surface area contributed by atoms with E-state index in [-0.39, 0.29) is 34.6 Å². The van der Waals surface area contributed by atoms with Gasteiger partial charge in [-0.3, -0.25) is 14.2 Å². The van der Waals surface area contributed by atoms with Crippen molar-refractivity contribution in [3.05, 3.63) is 99.6 Å². The van der Waals surface area contributed by atoms with Crippen LogP contribution in [-0.2, 0) is 11.3 Å². The highest BCUT2D eigenvalue weighted by Crippen LogP contribution is 2.27. The van der Waals surface area contributed by atoms with Crippen LogP contribution in [0, 0.1) is 5.82 Å². The predicted octanol–water partition coefficient (Wildman–Crippen LogP) is 5.07. The molecule has 0 bridgehead atoms. The summed E-state index contributed by atoms with van der Waals surface area (Å²) in [5.41, 5.74) is 1.93. The number of para-hydroxylation sites is 2. The molecule has 0 aliphatic carbocycles. The number of carbonyl (C=O) groups excluding carboxylic acids is 1. The molecule has 0 aliphatic rings. The maximum absolute atomic E-state index is 14.7. The van der Waals surface area contributed by atoms with E-state index in [0.717, 1.165) is 28.2 Å². The van der Waals surface area contributed by atoms with E-state index in [1.807, 2.05) is 42.5 Å². The van der Waals surface area contributed by atoms with Crippen LogP contribution in [0.3, 0.4) is 0 Å². The molecular formula is C25H18ClFN4O2S. The molecule has 6 nitrogen and oxygen atoms in total. The average Bonchev–Trinajstić information content (AvgIpc) is 3.22. The van der Waals surface area contributed by atoms with Crippen LogP contribution in [0.15, 0.2) is 82.7 Å². The van der Waals surface area contributed by atoms with Gasteiger partial charge >= 0.3 is 0 Å². The van der Waals surface area contributed by atoms with E-state index in [1.54, 1.807) is 18.2 Å². The summed E-state index contributed by atoms with van der Waals surface area (Å²) >= 11 is 7.22. The van der Waals surface area contributed by atoms with Gasteiger partial charge in [-0.2, -0.15) is 0 Å². The minimum absolute atomic E-state index is 0.0147. The zero-order valence-corrected chi connectivity index (χ0v) is 19.3. The minimum atomic E-state index is -0.563.